The van der Waals surface area contributed by atoms with Gasteiger partial charge in [-0.2, -0.15) is 10.5 Å². The summed E-state index contributed by atoms with van der Waals surface area (Å²) in [5, 5.41) is 54.0. The number of aliphatic hydroxyl groups excluding tert-OH is 2. The number of benzene rings is 4. The number of rotatable bonds is 12. The third-order valence-corrected chi connectivity index (χ3v) is 9.00. The van der Waals surface area contributed by atoms with E-state index < -0.39 is 42.0 Å². The Labute approximate surface area is 336 Å². The summed E-state index contributed by atoms with van der Waals surface area (Å²) in [5.74, 6) is 2.59. The maximum Gasteiger partial charge on any atom is 0.328 e. The molecule has 0 saturated carbocycles. The highest BCUT2D eigenvalue weighted by Gasteiger charge is 2.26. The van der Waals surface area contributed by atoms with Gasteiger partial charge < -0.3 is 31.3 Å². The van der Waals surface area contributed by atoms with E-state index >= 15 is 0 Å². The van der Waals surface area contributed by atoms with Gasteiger partial charge in [0.2, 0.25) is 0 Å². The van der Waals surface area contributed by atoms with Crippen LogP contribution in [0.5, 0.6) is 0 Å². The van der Waals surface area contributed by atoms with Crippen LogP contribution in [0.15, 0.2) is 84.9 Å². The minimum atomic E-state index is -1.22. The number of carboxylic acid groups (broad SMARTS) is 1. The van der Waals surface area contributed by atoms with Crippen LogP contribution in [-0.4, -0.2) is 69.7 Å². The molecule has 0 aliphatic carbocycles. The molecular formula is C37H35Cl4N7O7. The second-order valence-electron chi connectivity index (χ2n) is 11.2. The Kier molecular flexibility index (Phi) is 18.9. The van der Waals surface area contributed by atoms with Crippen molar-refractivity contribution in [2.45, 2.75) is 38.1 Å². The lowest BCUT2D eigenvalue weighted by Crippen LogP contribution is -2.44. The minimum Gasteiger partial charge on any atom is -0.480 e. The first-order valence-electron chi connectivity index (χ1n) is 15.9. The van der Waals surface area contributed by atoms with E-state index in [9.17, 15) is 29.4 Å². The molecule has 9 N–H and O–H groups in total. The lowest BCUT2D eigenvalue weighted by Gasteiger charge is -2.22. The molecule has 14 nitrogen and oxygen atoms in total. The van der Waals surface area contributed by atoms with Crippen LogP contribution in [0.4, 0.5) is 11.4 Å². The Morgan fingerprint density at radius 1 is 0.655 bits per heavy atom. The fraction of sp³-hybridized carbons (Fsp3) is 0.189. The van der Waals surface area contributed by atoms with Crippen molar-refractivity contribution in [3.8, 4) is 12.1 Å². The summed E-state index contributed by atoms with van der Waals surface area (Å²) in [6, 6.07) is 24.6. The summed E-state index contributed by atoms with van der Waals surface area (Å²) in [4.78, 5) is 46.2. The molecule has 0 spiro atoms. The number of nitrogens with one attached hydrogen (secondary N) is 4. The first-order valence-corrected chi connectivity index (χ1v) is 17.4. The number of halogens is 4. The number of aliphatic carboxylic acids is 1. The molecule has 0 fully saturated rings. The van der Waals surface area contributed by atoms with Crippen LogP contribution in [0, 0.1) is 22.7 Å². The Bertz CT molecular complexity index is 2040. The van der Waals surface area contributed by atoms with Crippen LogP contribution < -0.4 is 27.2 Å². The Morgan fingerprint density at radius 3 is 1.42 bits per heavy atom. The normalized spacial score (nSPS) is 12.2. The number of amides is 2. The van der Waals surface area contributed by atoms with Crippen molar-refractivity contribution in [2.75, 3.05) is 17.2 Å². The molecule has 0 aromatic heterocycles. The molecule has 18 heteroatoms. The molecule has 4 aromatic rings. The van der Waals surface area contributed by atoms with Gasteiger partial charge in [0.15, 0.2) is 11.8 Å². The first-order chi connectivity index (χ1) is 26.1. The molecule has 2 amide bonds. The SMILES string of the molecule is C[C@H](O)[C@@H](Nc1ccc(C#N)c(Cl)c1Cl)C(=O)CNC(=O)c1ccccc1.C[C@H](O)[C@@H](Nc1ccc(C#N)c(Cl)c1Cl)C(=O)O.NNC(=O)c1ccccc1. The van der Waals surface area contributed by atoms with Crippen molar-refractivity contribution in [1.82, 2.24) is 10.7 Å². The lowest BCUT2D eigenvalue weighted by molar-refractivity contribution is -0.140. The van der Waals surface area contributed by atoms with E-state index in [1.54, 1.807) is 54.6 Å². The van der Waals surface area contributed by atoms with Crippen molar-refractivity contribution < 1.29 is 34.5 Å². The standard InChI is InChI=1S/C19H17Cl2N3O3.C11H10Cl2N2O3.C7H8N2O/c1-11(25)18(24-14-8-7-13(9-22)16(20)17(14)21)15(26)10-23-19(27)12-5-3-2-4-6-12;1-5(16)10(11(17)18)15-7-3-2-6(4-14)8(12)9(7)13;8-9-7(10)6-4-2-1-3-5-6/h2-8,11,18,24-25H,10H2,1H3,(H,23,27);2-3,5,10,15-16H,1H3,(H,17,18);1-5H,8H2,(H,9,10)/t11-,18+;5-,10+;/m00./s1. The number of nitrogens with two attached hydrogens (primary N) is 1. The van der Waals surface area contributed by atoms with Gasteiger partial charge in [-0.05, 0) is 62.4 Å². The Morgan fingerprint density at radius 2 is 1.05 bits per heavy atom. The van der Waals surface area contributed by atoms with Crippen molar-refractivity contribution in [3.05, 3.63) is 127 Å². The van der Waals surface area contributed by atoms with Gasteiger partial charge in [0, 0.05) is 11.1 Å². The molecule has 0 heterocycles. The summed E-state index contributed by atoms with van der Waals surface area (Å²) < 4.78 is 0. The number of Topliss-reactive ketones (excluding diaryl/α,β-unsaturated/α-hetero) is 1. The molecule has 288 valence electrons. The molecule has 0 aliphatic rings. The number of carbonyl (C=O) groups excluding carboxylic acids is 3. The highest BCUT2D eigenvalue weighted by molar-refractivity contribution is 6.45. The van der Waals surface area contributed by atoms with E-state index in [4.69, 9.17) is 67.9 Å². The number of aliphatic hydroxyl groups is 2. The van der Waals surface area contributed by atoms with Gasteiger partial charge in [0.05, 0.1) is 61.3 Å². The molecule has 0 aliphatic heterocycles. The average molecular weight is 832 g/mol. The molecular weight excluding hydrogens is 796 g/mol. The molecule has 0 saturated heterocycles. The third-order valence-electron chi connectivity index (χ3n) is 7.23. The van der Waals surface area contributed by atoms with Gasteiger partial charge in [-0.25, -0.2) is 10.6 Å². The zero-order valence-corrected chi connectivity index (χ0v) is 32.1. The van der Waals surface area contributed by atoms with Crippen LogP contribution in [0.25, 0.3) is 0 Å². The molecule has 0 radical (unpaired) electrons. The van der Waals surface area contributed by atoms with E-state index in [0.29, 0.717) is 16.8 Å². The number of anilines is 2. The van der Waals surface area contributed by atoms with Gasteiger partial charge in [0.1, 0.15) is 18.2 Å². The number of hydrogen-bond donors (Lipinski definition) is 8. The molecule has 4 atom stereocenters. The summed E-state index contributed by atoms with van der Waals surface area (Å²) in [6.07, 6.45) is -2.18. The Balaban J connectivity index is 0.000000319. The number of carboxylic acids is 1. The summed E-state index contributed by atoms with van der Waals surface area (Å²) >= 11 is 23.9. The number of ketones is 1. The number of nitrogens with zero attached hydrogens (tertiary/aromatic N) is 2. The number of hydrogen-bond acceptors (Lipinski definition) is 11. The van der Waals surface area contributed by atoms with Gasteiger partial charge in [-0.15, -0.1) is 0 Å². The Hall–Kier alpha value is -5.42. The van der Waals surface area contributed by atoms with Crippen molar-refractivity contribution >= 4 is 81.3 Å². The summed E-state index contributed by atoms with van der Waals surface area (Å²) in [5.41, 5.74) is 3.97. The van der Waals surface area contributed by atoms with E-state index in [-0.39, 0.29) is 49.4 Å². The maximum atomic E-state index is 12.5. The quantitative estimate of drug-likeness (QED) is 0.0506. The predicted molar refractivity (Wildman–Crippen MR) is 210 cm³/mol. The molecule has 0 unspecified atom stereocenters. The second-order valence-corrected chi connectivity index (χ2v) is 12.7. The molecule has 0 bridgehead atoms. The van der Waals surface area contributed by atoms with Crippen LogP contribution in [-0.2, 0) is 9.59 Å². The maximum absolute atomic E-state index is 12.5. The second kappa shape index (κ2) is 22.7. The van der Waals surface area contributed by atoms with Gasteiger partial charge >= 0.3 is 5.97 Å². The lowest BCUT2D eigenvalue weighted by atomic mass is 10.1. The largest absolute Gasteiger partial charge is 0.480 e. The summed E-state index contributed by atoms with van der Waals surface area (Å²) in [6.45, 7) is 2.50. The number of hydrazine groups is 1. The van der Waals surface area contributed by atoms with Crippen LogP contribution in [0.3, 0.4) is 0 Å². The van der Waals surface area contributed by atoms with Gasteiger partial charge in [-0.3, -0.25) is 19.8 Å². The molecule has 4 rings (SSSR count). The van der Waals surface area contributed by atoms with E-state index in [2.05, 4.69) is 16.0 Å². The fourth-order valence-electron chi connectivity index (χ4n) is 4.33. The zero-order valence-electron chi connectivity index (χ0n) is 29.1. The fourth-order valence-corrected chi connectivity index (χ4v) is 5.18. The van der Waals surface area contributed by atoms with Crippen molar-refractivity contribution in [1.29, 1.82) is 10.5 Å². The first kappa shape index (κ1) is 45.7. The number of nitrogen functional groups attached to an aromatic ring is 1. The average Bonchev–Trinajstić information content (AvgIpc) is 3.18. The van der Waals surface area contributed by atoms with Crippen LogP contribution in [0.2, 0.25) is 20.1 Å². The van der Waals surface area contributed by atoms with E-state index in [1.807, 2.05) is 23.6 Å². The van der Waals surface area contributed by atoms with Crippen LogP contribution >= 0.6 is 46.4 Å². The van der Waals surface area contributed by atoms with Gasteiger partial charge in [-0.1, -0.05) is 82.8 Å². The number of nitriles is 2. The predicted octanol–water partition coefficient (Wildman–Crippen LogP) is 5.43. The van der Waals surface area contributed by atoms with E-state index in [1.165, 1.54) is 38.1 Å². The third kappa shape index (κ3) is 13.7. The topological polar surface area (TPSA) is 251 Å². The smallest absolute Gasteiger partial charge is 0.328 e. The summed E-state index contributed by atoms with van der Waals surface area (Å²) in [7, 11) is 0. The highest BCUT2D eigenvalue weighted by atomic mass is 35.5. The van der Waals surface area contributed by atoms with Crippen molar-refractivity contribution in [3.63, 3.8) is 0 Å². The van der Waals surface area contributed by atoms with Crippen LogP contribution in [0.1, 0.15) is 45.7 Å². The highest BCUT2D eigenvalue weighted by Crippen LogP contribution is 2.34. The van der Waals surface area contributed by atoms with E-state index in [0.717, 1.165) is 0 Å². The number of carbonyl (C=O) groups is 4. The monoisotopic (exact) mass is 829 g/mol. The van der Waals surface area contributed by atoms with Crippen molar-refractivity contribution in [2.24, 2.45) is 5.84 Å². The minimum absolute atomic E-state index is 0.0406. The molecule has 55 heavy (non-hydrogen) atoms. The zero-order chi connectivity index (χ0) is 41.2. The van der Waals surface area contributed by atoms with Gasteiger partial charge in [0.25, 0.3) is 11.8 Å². The molecule has 4 aromatic carbocycles.